The highest BCUT2D eigenvalue weighted by Gasteiger charge is 2.54. The van der Waals surface area contributed by atoms with Crippen molar-refractivity contribution in [2.75, 3.05) is 41.3 Å². The van der Waals surface area contributed by atoms with Crippen molar-refractivity contribution < 1.29 is 81.9 Å². The van der Waals surface area contributed by atoms with Crippen molar-refractivity contribution in [1.29, 1.82) is 0 Å². The molecule has 4 rings (SSSR count). The number of cyclic esters (lactones) is 1. The fourth-order valence-corrected chi connectivity index (χ4v) is 9.79. The van der Waals surface area contributed by atoms with E-state index in [1.165, 1.54) is 14.0 Å². The molecular formula is C51H80N2O17. The molecule has 19 heteroatoms. The highest BCUT2D eigenvalue weighted by atomic mass is 16.7. The third kappa shape index (κ3) is 16.8. The number of methoxy groups -OCH3 is 1. The van der Waals surface area contributed by atoms with Crippen molar-refractivity contribution in [3.8, 4) is 5.75 Å². The standard InChI is InChI=1S/C51H80N2O17/c1-12-40(58)66-39-27-42(60)65-37(17-14-16-34-19-21-36(56)22-20-34)18-15-24-53(10)29-38(57)30(3)26-35(23-25-54)47(48(39)62-11)69-50-45(61)44(52(8)9)46(31(4)64-50)68-43-28-51(7,70-33(6)55)49(32(5)63-43)67-41(59)13-2/h14,16,19-22,25,30-32,35,37-39,43-50,56-57,61H,12-13,15,17-18,23-24,26-29H2,1-11H3/b16-14+/t30-,31?,32?,35+,37+,38+,39-,43+,44?,45?,46+,47+,48+,49+,50+,51?/m1/s1. The molecule has 3 aliphatic rings. The summed E-state index contributed by atoms with van der Waals surface area (Å²) in [6.07, 6.45) is -6.73. The van der Waals surface area contributed by atoms with E-state index in [-0.39, 0.29) is 37.9 Å². The minimum Gasteiger partial charge on any atom is -0.508 e. The molecular weight excluding hydrogens is 913 g/mol. The van der Waals surface area contributed by atoms with E-state index < -0.39 is 127 Å². The number of aliphatic hydroxyl groups excluding tert-OH is 2. The predicted octanol–water partition coefficient (Wildman–Crippen LogP) is 4.34. The normalized spacial score (nSPS) is 35.5. The average molecular weight is 993 g/mol. The molecule has 3 N–H and O–H groups in total. The maximum atomic E-state index is 14.1. The van der Waals surface area contributed by atoms with Gasteiger partial charge in [-0.2, -0.15) is 0 Å². The number of rotatable bonds is 16. The molecule has 0 bridgehead atoms. The summed E-state index contributed by atoms with van der Waals surface area (Å²) in [6.45, 7) is 12.4. The van der Waals surface area contributed by atoms with Gasteiger partial charge in [0.05, 0.1) is 36.9 Å². The number of aldehydes is 1. The van der Waals surface area contributed by atoms with Crippen LogP contribution in [0.2, 0.25) is 0 Å². The van der Waals surface area contributed by atoms with Crippen molar-refractivity contribution in [2.45, 2.75) is 192 Å². The Morgan fingerprint density at radius 1 is 0.943 bits per heavy atom. The van der Waals surface area contributed by atoms with Crippen LogP contribution in [0.1, 0.15) is 112 Å². The Morgan fingerprint density at radius 2 is 1.61 bits per heavy atom. The average Bonchev–Trinajstić information content (AvgIpc) is 3.28. The lowest BCUT2D eigenvalue weighted by Crippen LogP contribution is -2.66. The number of aliphatic hydroxyl groups is 2. The summed E-state index contributed by atoms with van der Waals surface area (Å²) in [5, 5.41) is 33.6. The third-order valence-electron chi connectivity index (χ3n) is 13.4. The number of nitrogens with zero attached hydrogens (tertiary/aromatic N) is 2. The number of benzene rings is 1. The number of carbonyl (C=O) groups excluding carboxylic acids is 5. The van der Waals surface area contributed by atoms with Gasteiger partial charge in [0, 0.05) is 52.7 Å². The largest absolute Gasteiger partial charge is 0.508 e. The fourth-order valence-electron chi connectivity index (χ4n) is 9.79. The number of β-amino-alcohol motifs (C(OH)–C–C–N with tert-alkyl or cyclic N) is 1. The van der Waals surface area contributed by atoms with Crippen molar-refractivity contribution in [3.05, 3.63) is 35.9 Å². The van der Waals surface area contributed by atoms with E-state index in [0.717, 1.165) is 11.8 Å². The minimum atomic E-state index is -1.45. The van der Waals surface area contributed by atoms with Gasteiger partial charge >= 0.3 is 23.9 Å². The molecule has 0 aliphatic carbocycles. The molecule has 5 unspecified atom stereocenters. The van der Waals surface area contributed by atoms with E-state index in [4.69, 9.17) is 42.6 Å². The highest BCUT2D eigenvalue weighted by Crippen LogP contribution is 2.39. The van der Waals surface area contributed by atoms with Crippen molar-refractivity contribution in [3.63, 3.8) is 0 Å². The molecule has 70 heavy (non-hydrogen) atoms. The topological polar surface area (TPSA) is 236 Å². The quantitative estimate of drug-likeness (QED) is 0.119. The second kappa shape index (κ2) is 27.7. The van der Waals surface area contributed by atoms with Crippen molar-refractivity contribution in [2.24, 2.45) is 11.8 Å². The van der Waals surface area contributed by atoms with E-state index >= 15 is 0 Å². The van der Waals surface area contributed by atoms with Crippen LogP contribution in [-0.2, 0) is 66.6 Å². The molecule has 16 atom stereocenters. The molecule has 396 valence electrons. The molecule has 1 aromatic carbocycles. The van der Waals surface area contributed by atoms with Crippen LogP contribution in [-0.4, -0.2) is 182 Å². The SMILES string of the molecule is CCC(=O)O[C@@H]1CC(=O)O[C@@H](C/C=C/c2ccc(O)cc2)CCCN(C)C[C@H](O)[C@H](C)C[C@H](CC=O)[C@H](O[C@@H]2OC(C)[C@H](O[C@H]3CC(C)(OC(C)=O)[C@@H](OC(=O)CC)C(C)O3)C(N(C)C)C2O)[C@H]1OC. The van der Waals surface area contributed by atoms with E-state index in [1.54, 1.807) is 77.9 Å². The van der Waals surface area contributed by atoms with E-state index in [2.05, 4.69) is 0 Å². The molecule has 1 aromatic rings. The number of carbonyl (C=O) groups is 5. The maximum absolute atomic E-state index is 14.1. The van der Waals surface area contributed by atoms with Crippen LogP contribution in [0, 0.1) is 11.8 Å². The number of phenolic OH excluding ortho intramolecular Hbond substituents is 1. The second-order valence-corrected chi connectivity index (χ2v) is 19.5. The third-order valence-corrected chi connectivity index (χ3v) is 13.4. The van der Waals surface area contributed by atoms with E-state index in [0.29, 0.717) is 32.4 Å². The van der Waals surface area contributed by atoms with Gasteiger partial charge in [-0.3, -0.25) is 19.2 Å². The lowest BCUT2D eigenvalue weighted by atomic mass is 9.82. The first-order valence-electron chi connectivity index (χ1n) is 24.7. The number of hydrogen-bond acceptors (Lipinski definition) is 19. The molecule has 3 fully saturated rings. The van der Waals surface area contributed by atoms with Gasteiger partial charge in [-0.25, -0.2) is 0 Å². The predicted molar refractivity (Wildman–Crippen MR) is 255 cm³/mol. The zero-order chi connectivity index (χ0) is 51.9. The lowest BCUT2D eigenvalue weighted by Gasteiger charge is -2.50. The van der Waals surface area contributed by atoms with Crippen LogP contribution in [0.5, 0.6) is 5.75 Å². The zero-order valence-electron chi connectivity index (χ0n) is 42.9. The Hall–Kier alpha value is -4.05. The van der Waals surface area contributed by atoms with Crippen LogP contribution in [0.15, 0.2) is 30.3 Å². The van der Waals surface area contributed by atoms with Gasteiger partial charge in [0.2, 0.25) is 0 Å². The summed E-state index contributed by atoms with van der Waals surface area (Å²) in [7, 11) is 6.76. The Bertz CT molecular complexity index is 1850. The van der Waals surface area contributed by atoms with Crippen LogP contribution in [0.25, 0.3) is 6.08 Å². The van der Waals surface area contributed by atoms with Crippen molar-refractivity contribution >= 4 is 36.2 Å². The molecule has 3 aliphatic heterocycles. The van der Waals surface area contributed by atoms with Crippen LogP contribution < -0.4 is 0 Å². The summed E-state index contributed by atoms with van der Waals surface area (Å²) in [5.41, 5.74) is -0.491. The van der Waals surface area contributed by atoms with E-state index in [9.17, 15) is 39.3 Å². The zero-order valence-corrected chi connectivity index (χ0v) is 42.9. The van der Waals surface area contributed by atoms with Crippen LogP contribution in [0.3, 0.4) is 0 Å². The minimum absolute atomic E-state index is 0.0275. The van der Waals surface area contributed by atoms with Gasteiger partial charge in [-0.1, -0.05) is 45.1 Å². The molecule has 0 radical (unpaired) electrons. The summed E-state index contributed by atoms with van der Waals surface area (Å²) < 4.78 is 55.9. The first-order valence-corrected chi connectivity index (χ1v) is 24.7. The number of hydrogen-bond donors (Lipinski definition) is 3. The summed E-state index contributed by atoms with van der Waals surface area (Å²) >= 11 is 0. The van der Waals surface area contributed by atoms with Gasteiger partial charge < -0.3 is 72.5 Å². The Labute approximate surface area is 413 Å². The summed E-state index contributed by atoms with van der Waals surface area (Å²) in [5.74, 6) is -3.36. The number of aromatic hydroxyl groups is 1. The molecule has 0 saturated carbocycles. The second-order valence-electron chi connectivity index (χ2n) is 19.5. The number of ether oxygens (including phenoxy) is 9. The first kappa shape index (κ1) is 58.5. The summed E-state index contributed by atoms with van der Waals surface area (Å²) in [4.78, 5) is 68.4. The van der Waals surface area contributed by atoms with Gasteiger partial charge in [-0.15, -0.1) is 0 Å². The molecule has 3 heterocycles. The van der Waals surface area contributed by atoms with Gasteiger partial charge in [0.15, 0.2) is 24.3 Å². The molecule has 0 aromatic heterocycles. The molecule has 0 amide bonds. The molecule has 19 nitrogen and oxygen atoms in total. The number of likely N-dealkylation sites (N-methyl/N-ethyl adjacent to an activating group) is 2. The highest BCUT2D eigenvalue weighted by molar-refractivity contribution is 5.73. The van der Waals surface area contributed by atoms with E-state index in [1.807, 2.05) is 31.0 Å². The van der Waals surface area contributed by atoms with Crippen LogP contribution in [0.4, 0.5) is 0 Å². The maximum Gasteiger partial charge on any atom is 0.309 e. The van der Waals surface area contributed by atoms with Crippen molar-refractivity contribution in [1.82, 2.24) is 9.80 Å². The Morgan fingerprint density at radius 3 is 2.23 bits per heavy atom. The molecule has 3 saturated heterocycles. The summed E-state index contributed by atoms with van der Waals surface area (Å²) in [6, 6.07) is 5.85. The van der Waals surface area contributed by atoms with Crippen LogP contribution >= 0.6 is 0 Å². The van der Waals surface area contributed by atoms with Gasteiger partial charge in [0.1, 0.15) is 42.6 Å². The Kier molecular flexibility index (Phi) is 23.1. The van der Waals surface area contributed by atoms with Gasteiger partial charge in [0.25, 0.3) is 0 Å². The Balaban J connectivity index is 1.70. The lowest BCUT2D eigenvalue weighted by molar-refractivity contribution is -0.344. The smallest absolute Gasteiger partial charge is 0.309 e. The van der Waals surface area contributed by atoms with Gasteiger partial charge in [-0.05, 0) is 97.3 Å². The first-order chi connectivity index (χ1) is 33.1. The molecule has 0 spiro atoms. The monoisotopic (exact) mass is 993 g/mol. The number of phenols is 1. The number of esters is 4. The fraction of sp³-hybridized carbons (Fsp3) is 0.745.